The number of halogens is 3. The number of nitrogen functional groups attached to an aromatic ring is 1. The highest BCUT2D eigenvalue weighted by Gasteiger charge is 2.39. The minimum atomic E-state index is -4.60. The van der Waals surface area contributed by atoms with Gasteiger partial charge in [0.1, 0.15) is 5.52 Å². The first-order chi connectivity index (χ1) is 12.4. The van der Waals surface area contributed by atoms with Gasteiger partial charge in [0.25, 0.3) is 0 Å². The van der Waals surface area contributed by atoms with Crippen molar-refractivity contribution in [1.29, 1.82) is 0 Å². The maximum atomic E-state index is 13.3. The Hall–Kier alpha value is -2.64. The first-order valence-electron chi connectivity index (χ1n) is 8.64. The number of alkyl halides is 3. The van der Waals surface area contributed by atoms with Crippen molar-refractivity contribution in [2.24, 2.45) is 0 Å². The molecule has 1 atom stereocenters. The number of imidazole rings is 1. The van der Waals surface area contributed by atoms with Crippen LogP contribution in [-0.2, 0) is 12.6 Å². The Balaban J connectivity index is 1.76. The lowest BCUT2D eigenvalue weighted by molar-refractivity contribution is -0.144. The van der Waals surface area contributed by atoms with Gasteiger partial charge in [-0.2, -0.15) is 13.2 Å². The van der Waals surface area contributed by atoms with Crippen LogP contribution in [0.1, 0.15) is 53.9 Å². The molecule has 0 spiro atoms. The molecule has 5 nitrogen and oxygen atoms in total. The molecule has 1 saturated carbocycles. The number of rotatable bonds is 2. The summed E-state index contributed by atoms with van der Waals surface area (Å²) in [4.78, 5) is 12.0. The number of nitrogens with zero attached hydrogens (tertiary/aromatic N) is 4. The van der Waals surface area contributed by atoms with Gasteiger partial charge in [0.15, 0.2) is 5.65 Å². The van der Waals surface area contributed by atoms with Crippen molar-refractivity contribution < 1.29 is 13.2 Å². The molecule has 1 fully saturated rings. The van der Waals surface area contributed by atoms with Gasteiger partial charge < -0.3 is 5.73 Å². The van der Waals surface area contributed by atoms with E-state index in [9.17, 15) is 13.2 Å². The predicted molar refractivity (Wildman–Crippen MR) is 89.6 cm³/mol. The van der Waals surface area contributed by atoms with Crippen LogP contribution in [0.25, 0.3) is 11.2 Å². The summed E-state index contributed by atoms with van der Waals surface area (Å²) in [5, 5.41) is 0. The van der Waals surface area contributed by atoms with Crippen LogP contribution in [0, 0.1) is 0 Å². The lowest BCUT2D eigenvalue weighted by Crippen LogP contribution is -2.16. The number of benzene rings is 1. The smallest absolute Gasteiger partial charge is 0.369 e. The van der Waals surface area contributed by atoms with Gasteiger partial charge in [0.2, 0.25) is 11.8 Å². The van der Waals surface area contributed by atoms with Crippen molar-refractivity contribution in [2.45, 2.75) is 43.8 Å². The highest BCUT2D eigenvalue weighted by molar-refractivity contribution is 5.78. The molecule has 0 amide bonds. The molecule has 2 aromatic heterocycles. The van der Waals surface area contributed by atoms with E-state index < -0.39 is 12.0 Å². The highest BCUT2D eigenvalue weighted by atomic mass is 19.4. The van der Waals surface area contributed by atoms with Crippen LogP contribution in [0.4, 0.5) is 19.1 Å². The standard InChI is InChI=1S/C18H16F3N5/c19-18(20,21)16-23-13(10-5-6-10)14-15(25-16)26(17(22)24-14)12-8-7-9-3-1-2-4-11(9)12/h1-4,10,12H,5-8H2,(H2,22,24). The van der Waals surface area contributed by atoms with E-state index in [2.05, 4.69) is 15.0 Å². The summed E-state index contributed by atoms with van der Waals surface area (Å²) < 4.78 is 41.7. The van der Waals surface area contributed by atoms with Crippen molar-refractivity contribution in [3.63, 3.8) is 0 Å². The Morgan fingerprint density at radius 1 is 1.04 bits per heavy atom. The number of aromatic nitrogens is 4. The zero-order valence-corrected chi connectivity index (χ0v) is 13.8. The van der Waals surface area contributed by atoms with Gasteiger partial charge in [-0.3, -0.25) is 4.57 Å². The van der Waals surface area contributed by atoms with Crippen molar-refractivity contribution in [1.82, 2.24) is 19.5 Å². The minimum Gasteiger partial charge on any atom is -0.369 e. The fraction of sp³-hybridized carbons (Fsp3) is 0.389. The van der Waals surface area contributed by atoms with Crippen molar-refractivity contribution in [2.75, 3.05) is 5.73 Å². The summed E-state index contributed by atoms with van der Waals surface area (Å²) in [6.07, 6.45) is -1.34. The molecule has 5 rings (SSSR count). The molecule has 26 heavy (non-hydrogen) atoms. The fourth-order valence-corrected chi connectivity index (χ4v) is 3.89. The van der Waals surface area contributed by atoms with Crippen molar-refractivity contribution in [3.8, 4) is 0 Å². The number of hydrogen-bond acceptors (Lipinski definition) is 4. The molecule has 2 aliphatic rings. The summed E-state index contributed by atoms with van der Waals surface area (Å²) in [7, 11) is 0. The molecule has 0 saturated heterocycles. The molecule has 134 valence electrons. The molecule has 0 radical (unpaired) electrons. The van der Waals surface area contributed by atoms with E-state index in [0.717, 1.165) is 31.2 Å². The molecule has 2 heterocycles. The van der Waals surface area contributed by atoms with Crippen LogP contribution in [0.5, 0.6) is 0 Å². The van der Waals surface area contributed by atoms with Crippen LogP contribution < -0.4 is 5.73 Å². The third-order valence-corrected chi connectivity index (χ3v) is 5.22. The molecular weight excluding hydrogens is 343 g/mol. The van der Waals surface area contributed by atoms with Gasteiger partial charge >= 0.3 is 6.18 Å². The maximum Gasteiger partial charge on any atom is 0.451 e. The number of hydrogen-bond donors (Lipinski definition) is 1. The Bertz CT molecular complexity index is 1020. The topological polar surface area (TPSA) is 69.6 Å². The minimum absolute atomic E-state index is 0.0141. The average molecular weight is 359 g/mol. The Kier molecular flexibility index (Phi) is 3.11. The second-order valence-electron chi connectivity index (χ2n) is 6.97. The average Bonchev–Trinajstić information content (AvgIpc) is 3.27. The Morgan fingerprint density at radius 2 is 1.81 bits per heavy atom. The van der Waals surface area contributed by atoms with E-state index in [0.29, 0.717) is 11.2 Å². The SMILES string of the molecule is Nc1nc2c(C3CC3)nc(C(F)(F)F)nc2n1C1CCc2ccccc21. The molecule has 2 N–H and O–H groups in total. The summed E-state index contributed by atoms with van der Waals surface area (Å²) in [6, 6.07) is 7.77. The van der Waals surface area contributed by atoms with Gasteiger partial charge in [-0.15, -0.1) is 0 Å². The van der Waals surface area contributed by atoms with Crippen LogP contribution in [0.15, 0.2) is 24.3 Å². The first-order valence-corrected chi connectivity index (χ1v) is 8.64. The molecule has 3 aromatic rings. The molecule has 1 aromatic carbocycles. The van der Waals surface area contributed by atoms with E-state index in [4.69, 9.17) is 5.73 Å². The van der Waals surface area contributed by atoms with E-state index >= 15 is 0 Å². The maximum absolute atomic E-state index is 13.3. The summed E-state index contributed by atoms with van der Waals surface area (Å²) >= 11 is 0. The van der Waals surface area contributed by atoms with E-state index in [1.165, 1.54) is 5.56 Å². The molecule has 2 aliphatic carbocycles. The number of fused-ring (bicyclic) bond motifs is 2. The van der Waals surface area contributed by atoms with E-state index in [-0.39, 0.29) is 23.6 Å². The van der Waals surface area contributed by atoms with E-state index in [1.54, 1.807) is 4.57 Å². The van der Waals surface area contributed by atoms with Gasteiger partial charge in [-0.25, -0.2) is 15.0 Å². The Labute approximate surface area is 147 Å². The fourth-order valence-electron chi connectivity index (χ4n) is 3.89. The lowest BCUT2D eigenvalue weighted by Gasteiger charge is -2.16. The third kappa shape index (κ3) is 2.28. The number of anilines is 1. The van der Waals surface area contributed by atoms with Gasteiger partial charge in [-0.1, -0.05) is 24.3 Å². The summed E-state index contributed by atoms with van der Waals surface area (Å²) in [6.45, 7) is 0. The highest BCUT2D eigenvalue weighted by Crippen LogP contribution is 2.44. The number of aryl methyl sites for hydroxylation is 1. The molecular formula is C18H16F3N5. The molecule has 0 bridgehead atoms. The predicted octanol–water partition coefficient (Wildman–Crippen LogP) is 3.84. The summed E-state index contributed by atoms with van der Waals surface area (Å²) in [5.74, 6) is -0.906. The second-order valence-corrected chi connectivity index (χ2v) is 6.97. The number of nitrogens with two attached hydrogens (primary N) is 1. The molecule has 1 unspecified atom stereocenters. The lowest BCUT2D eigenvalue weighted by atomic mass is 10.1. The molecule has 8 heteroatoms. The third-order valence-electron chi connectivity index (χ3n) is 5.22. The zero-order valence-electron chi connectivity index (χ0n) is 13.8. The van der Waals surface area contributed by atoms with Crippen LogP contribution in [-0.4, -0.2) is 19.5 Å². The molecule has 0 aliphatic heterocycles. The monoisotopic (exact) mass is 359 g/mol. The normalized spacial score (nSPS) is 19.9. The quantitative estimate of drug-likeness (QED) is 0.755. The summed E-state index contributed by atoms with van der Waals surface area (Å²) in [5.41, 5.74) is 9.36. The van der Waals surface area contributed by atoms with Gasteiger partial charge in [-0.05, 0) is 36.8 Å². The second kappa shape index (κ2) is 5.18. The van der Waals surface area contributed by atoms with Gasteiger partial charge in [0.05, 0.1) is 11.7 Å². The first kappa shape index (κ1) is 15.6. The van der Waals surface area contributed by atoms with E-state index in [1.807, 2.05) is 24.3 Å². The van der Waals surface area contributed by atoms with Crippen LogP contribution in [0.3, 0.4) is 0 Å². The largest absolute Gasteiger partial charge is 0.451 e. The van der Waals surface area contributed by atoms with Crippen molar-refractivity contribution >= 4 is 17.1 Å². The Morgan fingerprint density at radius 3 is 2.54 bits per heavy atom. The van der Waals surface area contributed by atoms with Crippen molar-refractivity contribution in [3.05, 3.63) is 46.9 Å². The van der Waals surface area contributed by atoms with Crippen LogP contribution >= 0.6 is 0 Å². The zero-order chi connectivity index (χ0) is 18.1. The van der Waals surface area contributed by atoms with Crippen LogP contribution in [0.2, 0.25) is 0 Å². The van der Waals surface area contributed by atoms with Gasteiger partial charge in [0, 0.05) is 5.92 Å².